The molecule has 2 heterocycles. The third-order valence-corrected chi connectivity index (χ3v) is 4.47. The number of anilines is 2. The van der Waals surface area contributed by atoms with E-state index in [9.17, 15) is 17.6 Å². The number of hydrogen-bond acceptors (Lipinski definition) is 5. The number of nitrogens with one attached hydrogen (secondary N) is 1. The molecular formula is C20H12F4N4S. The van der Waals surface area contributed by atoms with Crippen LogP contribution >= 0.6 is 12.6 Å². The third-order valence-electron chi connectivity index (χ3n) is 4.17. The normalized spacial score (nSPS) is 11.6. The molecule has 29 heavy (non-hydrogen) atoms. The number of fused-ring (bicyclic) bond motifs is 1. The second kappa shape index (κ2) is 7.32. The Bertz CT molecular complexity index is 1180. The van der Waals surface area contributed by atoms with Gasteiger partial charge in [-0.3, -0.25) is 0 Å². The molecule has 0 spiro atoms. The van der Waals surface area contributed by atoms with Crippen LogP contribution in [0.2, 0.25) is 0 Å². The van der Waals surface area contributed by atoms with Crippen LogP contribution in [0, 0.1) is 5.95 Å². The Balaban J connectivity index is 1.86. The number of alkyl halides is 3. The van der Waals surface area contributed by atoms with Crippen LogP contribution in [0.4, 0.5) is 29.2 Å². The molecule has 0 radical (unpaired) electrons. The number of hydrogen-bond donors (Lipinski definition) is 2. The standard InChI is InChI=1S/C20H12F4N4S/c21-17-6-1-11(9-25-17)16-8-13(20(22,23)24)7-12-10-26-19(28-18(12)16)27-14-2-4-15(29)5-3-14/h1-10,29H,(H,26,27,28). The van der Waals surface area contributed by atoms with Crippen LogP contribution in [0.15, 0.2) is 65.8 Å². The van der Waals surface area contributed by atoms with E-state index in [1.807, 2.05) is 0 Å². The van der Waals surface area contributed by atoms with E-state index in [1.54, 1.807) is 24.3 Å². The van der Waals surface area contributed by atoms with Crippen LogP contribution in [0.5, 0.6) is 0 Å². The SMILES string of the molecule is Fc1ccc(-c2cc(C(F)(F)F)cc3cnc(Nc4ccc(S)cc4)nc23)cn1. The fraction of sp³-hybridized carbons (Fsp3) is 0.0500. The van der Waals surface area contributed by atoms with Crippen molar-refractivity contribution in [2.75, 3.05) is 5.32 Å². The summed E-state index contributed by atoms with van der Waals surface area (Å²) in [7, 11) is 0. The second-order valence-corrected chi connectivity index (χ2v) is 6.71. The smallest absolute Gasteiger partial charge is 0.324 e. The summed E-state index contributed by atoms with van der Waals surface area (Å²) in [5.74, 6) is -0.518. The zero-order valence-electron chi connectivity index (χ0n) is 14.6. The van der Waals surface area contributed by atoms with E-state index in [2.05, 4.69) is 32.9 Å². The van der Waals surface area contributed by atoms with Gasteiger partial charge in [-0.05, 0) is 48.5 Å². The molecule has 0 amide bonds. The Morgan fingerprint density at radius 3 is 2.31 bits per heavy atom. The first-order valence-corrected chi connectivity index (χ1v) is 8.80. The van der Waals surface area contributed by atoms with Crippen LogP contribution in [-0.4, -0.2) is 15.0 Å². The monoisotopic (exact) mass is 416 g/mol. The van der Waals surface area contributed by atoms with E-state index < -0.39 is 17.7 Å². The van der Waals surface area contributed by atoms with Crippen molar-refractivity contribution in [2.45, 2.75) is 11.1 Å². The highest BCUT2D eigenvalue weighted by molar-refractivity contribution is 7.80. The molecule has 1 N–H and O–H groups in total. The number of halogens is 4. The van der Waals surface area contributed by atoms with Crippen molar-refractivity contribution in [1.29, 1.82) is 0 Å². The van der Waals surface area contributed by atoms with Crippen molar-refractivity contribution >= 4 is 35.2 Å². The van der Waals surface area contributed by atoms with Crippen molar-refractivity contribution in [1.82, 2.24) is 15.0 Å². The predicted molar refractivity (Wildman–Crippen MR) is 105 cm³/mol. The number of nitrogens with zero attached hydrogens (tertiary/aromatic N) is 3. The van der Waals surface area contributed by atoms with Gasteiger partial charge in [0.1, 0.15) is 0 Å². The van der Waals surface area contributed by atoms with E-state index >= 15 is 0 Å². The summed E-state index contributed by atoms with van der Waals surface area (Å²) in [5.41, 5.74) is 0.622. The van der Waals surface area contributed by atoms with Gasteiger partial charge in [0.2, 0.25) is 11.9 Å². The Kier molecular flexibility index (Phi) is 4.83. The summed E-state index contributed by atoms with van der Waals surface area (Å²) in [4.78, 5) is 12.8. The van der Waals surface area contributed by atoms with E-state index in [4.69, 9.17) is 0 Å². The zero-order valence-corrected chi connectivity index (χ0v) is 15.5. The molecule has 4 nitrogen and oxygen atoms in total. The Morgan fingerprint density at radius 1 is 0.897 bits per heavy atom. The average Bonchev–Trinajstić information content (AvgIpc) is 2.69. The van der Waals surface area contributed by atoms with Crippen LogP contribution in [0.25, 0.3) is 22.0 Å². The van der Waals surface area contributed by atoms with Crippen LogP contribution in [0.1, 0.15) is 5.56 Å². The lowest BCUT2D eigenvalue weighted by molar-refractivity contribution is -0.137. The van der Waals surface area contributed by atoms with Crippen molar-refractivity contribution in [3.8, 4) is 11.1 Å². The van der Waals surface area contributed by atoms with Crippen LogP contribution < -0.4 is 5.32 Å². The highest BCUT2D eigenvalue weighted by atomic mass is 32.1. The first-order valence-electron chi connectivity index (χ1n) is 8.35. The maximum Gasteiger partial charge on any atom is 0.416 e. The molecule has 0 aliphatic carbocycles. The van der Waals surface area contributed by atoms with Gasteiger partial charge in [0.25, 0.3) is 0 Å². The molecule has 4 aromatic rings. The Morgan fingerprint density at radius 2 is 1.66 bits per heavy atom. The summed E-state index contributed by atoms with van der Waals surface area (Å²) >= 11 is 4.22. The van der Waals surface area contributed by atoms with Gasteiger partial charge in [-0.25, -0.2) is 15.0 Å². The van der Waals surface area contributed by atoms with E-state index in [-0.39, 0.29) is 22.4 Å². The van der Waals surface area contributed by atoms with Crippen LogP contribution in [0.3, 0.4) is 0 Å². The zero-order chi connectivity index (χ0) is 20.6. The lowest BCUT2D eigenvalue weighted by Crippen LogP contribution is -2.06. The molecule has 0 saturated heterocycles. The molecule has 0 fully saturated rings. The molecule has 146 valence electrons. The molecule has 2 aromatic carbocycles. The van der Waals surface area contributed by atoms with Gasteiger partial charge in [-0.2, -0.15) is 17.6 Å². The number of benzene rings is 2. The van der Waals surface area contributed by atoms with Crippen molar-refractivity contribution in [3.63, 3.8) is 0 Å². The van der Waals surface area contributed by atoms with Gasteiger partial charge >= 0.3 is 6.18 Å². The summed E-state index contributed by atoms with van der Waals surface area (Å²) < 4.78 is 53.2. The third kappa shape index (κ3) is 4.14. The number of aromatic nitrogens is 3. The summed E-state index contributed by atoms with van der Waals surface area (Å²) in [6.45, 7) is 0. The molecule has 0 atom stereocenters. The van der Waals surface area contributed by atoms with E-state index in [1.165, 1.54) is 18.5 Å². The number of pyridine rings is 1. The quantitative estimate of drug-likeness (QED) is 0.249. The highest BCUT2D eigenvalue weighted by Gasteiger charge is 2.31. The van der Waals surface area contributed by atoms with Gasteiger partial charge in [-0.15, -0.1) is 12.6 Å². The fourth-order valence-electron chi connectivity index (χ4n) is 2.80. The van der Waals surface area contributed by atoms with Gasteiger partial charge < -0.3 is 5.32 Å². The van der Waals surface area contributed by atoms with Crippen molar-refractivity contribution in [3.05, 3.63) is 72.4 Å². The maximum atomic E-state index is 13.3. The molecule has 0 aliphatic rings. The molecule has 0 unspecified atom stereocenters. The molecule has 0 saturated carbocycles. The molecule has 4 rings (SSSR count). The van der Waals surface area contributed by atoms with Crippen molar-refractivity contribution in [2.24, 2.45) is 0 Å². The lowest BCUT2D eigenvalue weighted by atomic mass is 10.0. The summed E-state index contributed by atoms with van der Waals surface area (Å²) in [6.07, 6.45) is -2.07. The minimum atomic E-state index is -4.55. The van der Waals surface area contributed by atoms with Crippen molar-refractivity contribution < 1.29 is 17.6 Å². The number of thiol groups is 1. The fourth-order valence-corrected chi connectivity index (χ4v) is 2.95. The van der Waals surface area contributed by atoms with E-state index in [0.29, 0.717) is 11.3 Å². The Hall–Kier alpha value is -3.20. The van der Waals surface area contributed by atoms with Gasteiger partial charge in [0, 0.05) is 39.5 Å². The minimum absolute atomic E-state index is 0.179. The molecule has 0 bridgehead atoms. The molecular weight excluding hydrogens is 404 g/mol. The Labute approximate surface area is 168 Å². The predicted octanol–water partition coefficient (Wildman–Crippen LogP) is 5.88. The maximum absolute atomic E-state index is 13.3. The first kappa shape index (κ1) is 19.1. The van der Waals surface area contributed by atoms with Gasteiger partial charge in [0.05, 0.1) is 11.1 Å². The second-order valence-electron chi connectivity index (χ2n) is 6.19. The van der Waals surface area contributed by atoms with Gasteiger partial charge in [0.15, 0.2) is 0 Å². The number of rotatable bonds is 3. The van der Waals surface area contributed by atoms with Gasteiger partial charge in [-0.1, -0.05) is 0 Å². The topological polar surface area (TPSA) is 50.7 Å². The lowest BCUT2D eigenvalue weighted by Gasteiger charge is -2.13. The highest BCUT2D eigenvalue weighted by Crippen LogP contribution is 2.36. The summed E-state index contributed by atoms with van der Waals surface area (Å²) in [6, 6.07) is 11.5. The first-order chi connectivity index (χ1) is 13.8. The molecule has 0 aliphatic heterocycles. The molecule has 2 aromatic heterocycles. The van der Waals surface area contributed by atoms with Crippen LogP contribution in [-0.2, 0) is 6.18 Å². The average molecular weight is 416 g/mol. The van der Waals surface area contributed by atoms with E-state index in [0.717, 1.165) is 23.1 Å². The minimum Gasteiger partial charge on any atom is -0.324 e. The molecule has 9 heteroatoms. The largest absolute Gasteiger partial charge is 0.416 e. The summed E-state index contributed by atoms with van der Waals surface area (Å²) in [5, 5.41) is 3.21.